The zero-order chi connectivity index (χ0) is 18.5. The van der Waals surface area contributed by atoms with Gasteiger partial charge in [-0.05, 0) is 49.2 Å². The van der Waals surface area contributed by atoms with E-state index in [9.17, 15) is 4.79 Å². The van der Waals surface area contributed by atoms with Crippen LogP contribution in [-0.2, 0) is 17.9 Å². The van der Waals surface area contributed by atoms with Gasteiger partial charge in [0.2, 0.25) is 0 Å². The molecular formula is C23H28N2O2. The molecular weight excluding hydrogens is 336 g/mol. The number of benzene rings is 2. The van der Waals surface area contributed by atoms with Crippen LogP contribution in [0.5, 0.6) is 0 Å². The largest absolute Gasteiger partial charge is 0.370 e. The summed E-state index contributed by atoms with van der Waals surface area (Å²) in [7, 11) is 0. The first-order valence-corrected chi connectivity index (χ1v) is 10.0. The van der Waals surface area contributed by atoms with Gasteiger partial charge in [0, 0.05) is 25.2 Å². The molecule has 0 spiro atoms. The van der Waals surface area contributed by atoms with E-state index < -0.39 is 0 Å². The van der Waals surface area contributed by atoms with Gasteiger partial charge in [-0.15, -0.1) is 0 Å². The number of nitrogens with zero attached hydrogens (tertiary/aromatic N) is 2. The maximum absolute atomic E-state index is 12.6. The van der Waals surface area contributed by atoms with E-state index in [4.69, 9.17) is 4.74 Å². The molecule has 2 aromatic carbocycles. The molecule has 4 nitrogen and oxygen atoms in total. The number of ether oxygens (including phenoxy) is 1. The summed E-state index contributed by atoms with van der Waals surface area (Å²) in [5.41, 5.74) is 3.24. The fraction of sp³-hybridized carbons (Fsp3) is 0.435. The van der Waals surface area contributed by atoms with E-state index in [0.717, 1.165) is 12.1 Å². The molecule has 27 heavy (non-hydrogen) atoms. The highest BCUT2D eigenvalue weighted by Crippen LogP contribution is 2.19. The number of carbonyl (C=O) groups excluding carboxylic acids is 1. The number of likely N-dealkylation sites (tertiary alicyclic amines) is 2. The van der Waals surface area contributed by atoms with Crippen molar-refractivity contribution in [1.29, 1.82) is 0 Å². The highest BCUT2D eigenvalue weighted by atomic mass is 16.5. The van der Waals surface area contributed by atoms with Crippen LogP contribution in [0.1, 0.15) is 40.7 Å². The number of hydrogen-bond acceptors (Lipinski definition) is 3. The zero-order valence-corrected chi connectivity index (χ0v) is 15.8. The molecule has 0 N–H and O–H groups in total. The van der Waals surface area contributed by atoms with Crippen LogP contribution in [-0.4, -0.2) is 48.0 Å². The topological polar surface area (TPSA) is 32.8 Å². The Bertz CT molecular complexity index is 733. The second-order valence-corrected chi connectivity index (χ2v) is 7.66. The molecule has 2 aromatic rings. The van der Waals surface area contributed by atoms with Crippen LogP contribution in [0.3, 0.4) is 0 Å². The minimum absolute atomic E-state index is 0.110. The maximum atomic E-state index is 12.6. The van der Waals surface area contributed by atoms with E-state index in [-0.39, 0.29) is 12.0 Å². The lowest BCUT2D eigenvalue weighted by Gasteiger charge is -2.39. The van der Waals surface area contributed by atoms with Crippen molar-refractivity contribution < 1.29 is 9.53 Å². The standard InChI is InChI=1S/C23H28N2O2/c26-23(25-16-22(17-25)27-18-20-7-3-1-4-8-20)21-11-9-19(10-12-21)15-24-13-5-2-6-14-24/h1,3-4,7-12,22H,2,5-6,13-18H2. The van der Waals surface area contributed by atoms with Crippen molar-refractivity contribution in [3.8, 4) is 0 Å². The fourth-order valence-corrected chi connectivity index (χ4v) is 3.81. The van der Waals surface area contributed by atoms with Crippen molar-refractivity contribution >= 4 is 5.91 Å². The summed E-state index contributed by atoms with van der Waals surface area (Å²) < 4.78 is 5.88. The Morgan fingerprint density at radius 1 is 0.889 bits per heavy atom. The van der Waals surface area contributed by atoms with Crippen LogP contribution in [0.15, 0.2) is 54.6 Å². The third kappa shape index (κ3) is 4.76. The highest BCUT2D eigenvalue weighted by Gasteiger charge is 2.31. The third-order valence-corrected chi connectivity index (χ3v) is 5.52. The molecule has 0 bridgehead atoms. The summed E-state index contributed by atoms with van der Waals surface area (Å²) in [6.07, 6.45) is 4.11. The number of carbonyl (C=O) groups is 1. The first kappa shape index (κ1) is 18.2. The van der Waals surface area contributed by atoms with Gasteiger partial charge in [0.15, 0.2) is 0 Å². The summed E-state index contributed by atoms with van der Waals surface area (Å²) in [6, 6.07) is 18.3. The molecule has 2 heterocycles. The molecule has 0 radical (unpaired) electrons. The molecule has 0 aliphatic carbocycles. The van der Waals surface area contributed by atoms with Crippen LogP contribution in [0.4, 0.5) is 0 Å². The average Bonchev–Trinajstić information content (AvgIpc) is 2.69. The summed E-state index contributed by atoms with van der Waals surface area (Å²) in [5.74, 6) is 0.110. The Morgan fingerprint density at radius 2 is 1.59 bits per heavy atom. The quantitative estimate of drug-likeness (QED) is 0.783. The van der Waals surface area contributed by atoms with E-state index in [1.54, 1.807) is 0 Å². The number of piperidine rings is 1. The van der Waals surface area contributed by atoms with Gasteiger partial charge >= 0.3 is 0 Å². The molecule has 2 aliphatic heterocycles. The lowest BCUT2D eigenvalue weighted by molar-refractivity contribution is -0.0503. The van der Waals surface area contributed by atoms with Crippen LogP contribution in [0, 0.1) is 0 Å². The summed E-state index contributed by atoms with van der Waals surface area (Å²) in [4.78, 5) is 17.0. The molecule has 0 atom stereocenters. The van der Waals surface area contributed by atoms with Crippen molar-refractivity contribution in [1.82, 2.24) is 9.80 Å². The van der Waals surface area contributed by atoms with Crippen LogP contribution < -0.4 is 0 Å². The minimum Gasteiger partial charge on any atom is -0.370 e. The van der Waals surface area contributed by atoms with Crippen molar-refractivity contribution in [2.75, 3.05) is 26.2 Å². The normalized spacial score (nSPS) is 18.3. The van der Waals surface area contributed by atoms with Crippen LogP contribution >= 0.6 is 0 Å². The van der Waals surface area contributed by atoms with Gasteiger partial charge in [-0.1, -0.05) is 48.9 Å². The Kier molecular flexibility index (Phi) is 5.85. The third-order valence-electron chi connectivity index (χ3n) is 5.52. The van der Waals surface area contributed by atoms with E-state index >= 15 is 0 Å². The number of rotatable bonds is 6. The Morgan fingerprint density at radius 3 is 2.30 bits per heavy atom. The maximum Gasteiger partial charge on any atom is 0.254 e. The van der Waals surface area contributed by atoms with E-state index in [1.165, 1.54) is 43.5 Å². The lowest BCUT2D eigenvalue weighted by atomic mass is 10.1. The van der Waals surface area contributed by atoms with Crippen molar-refractivity contribution in [2.45, 2.75) is 38.5 Å². The molecule has 0 saturated carbocycles. The predicted molar refractivity (Wildman–Crippen MR) is 106 cm³/mol. The first-order valence-electron chi connectivity index (χ1n) is 10.0. The van der Waals surface area contributed by atoms with Crippen LogP contribution in [0.25, 0.3) is 0 Å². The van der Waals surface area contributed by atoms with Crippen molar-refractivity contribution in [3.05, 3.63) is 71.3 Å². The summed E-state index contributed by atoms with van der Waals surface area (Å²) in [5, 5.41) is 0. The first-order chi connectivity index (χ1) is 13.3. The molecule has 4 heteroatoms. The van der Waals surface area contributed by atoms with E-state index in [1.807, 2.05) is 35.2 Å². The molecule has 0 aromatic heterocycles. The number of hydrogen-bond donors (Lipinski definition) is 0. The molecule has 0 unspecified atom stereocenters. The SMILES string of the molecule is O=C(c1ccc(CN2CCCCC2)cc1)N1CC(OCc2ccccc2)C1. The molecule has 142 valence electrons. The van der Waals surface area contributed by atoms with Crippen LogP contribution in [0.2, 0.25) is 0 Å². The lowest BCUT2D eigenvalue weighted by Crippen LogP contribution is -2.54. The Balaban J connectivity index is 1.23. The minimum atomic E-state index is 0.110. The molecule has 2 saturated heterocycles. The smallest absolute Gasteiger partial charge is 0.254 e. The Labute approximate surface area is 161 Å². The fourth-order valence-electron chi connectivity index (χ4n) is 3.81. The molecule has 2 aliphatic rings. The monoisotopic (exact) mass is 364 g/mol. The summed E-state index contributed by atoms with van der Waals surface area (Å²) in [6.45, 7) is 5.35. The highest BCUT2D eigenvalue weighted by molar-refractivity contribution is 5.94. The Hall–Kier alpha value is -2.17. The summed E-state index contributed by atoms with van der Waals surface area (Å²) >= 11 is 0. The van der Waals surface area contributed by atoms with Gasteiger partial charge in [0.25, 0.3) is 5.91 Å². The zero-order valence-electron chi connectivity index (χ0n) is 15.8. The second kappa shape index (κ2) is 8.68. The van der Waals surface area contributed by atoms with Crippen molar-refractivity contribution in [2.24, 2.45) is 0 Å². The molecule has 2 fully saturated rings. The predicted octanol–water partition coefficient (Wildman–Crippen LogP) is 3.71. The van der Waals surface area contributed by atoms with Gasteiger partial charge in [0.1, 0.15) is 0 Å². The van der Waals surface area contributed by atoms with Gasteiger partial charge < -0.3 is 9.64 Å². The van der Waals surface area contributed by atoms with Crippen molar-refractivity contribution in [3.63, 3.8) is 0 Å². The van der Waals surface area contributed by atoms with E-state index in [0.29, 0.717) is 19.7 Å². The van der Waals surface area contributed by atoms with Gasteiger partial charge in [0.05, 0.1) is 12.7 Å². The number of amides is 1. The van der Waals surface area contributed by atoms with Gasteiger partial charge in [-0.25, -0.2) is 0 Å². The molecule has 1 amide bonds. The average molecular weight is 364 g/mol. The second-order valence-electron chi connectivity index (χ2n) is 7.66. The van der Waals surface area contributed by atoms with Gasteiger partial charge in [-0.3, -0.25) is 9.69 Å². The van der Waals surface area contributed by atoms with Gasteiger partial charge in [-0.2, -0.15) is 0 Å². The molecule has 4 rings (SSSR count). The van der Waals surface area contributed by atoms with E-state index in [2.05, 4.69) is 29.2 Å².